The Morgan fingerprint density at radius 1 is 1.18 bits per heavy atom. The average Bonchev–Trinajstić information content (AvgIpc) is 2.55. The minimum atomic E-state index is -1.16. The third kappa shape index (κ3) is 3.67. The van der Waals surface area contributed by atoms with Gasteiger partial charge in [0, 0.05) is 5.92 Å². The monoisotopic (exact) mass is 303 g/mol. The summed E-state index contributed by atoms with van der Waals surface area (Å²) in [7, 11) is 0. The molecule has 1 atom stereocenters. The second-order valence-corrected chi connectivity index (χ2v) is 6.44. The third-order valence-corrected chi connectivity index (χ3v) is 4.95. The number of carbonyl (C=O) groups is 2. The van der Waals surface area contributed by atoms with Crippen LogP contribution in [0.3, 0.4) is 0 Å². The molecule has 1 aromatic carbocycles. The van der Waals surface area contributed by atoms with E-state index in [1.165, 1.54) is 5.56 Å². The van der Waals surface area contributed by atoms with Crippen molar-refractivity contribution in [2.75, 3.05) is 0 Å². The molecule has 2 rings (SSSR count). The minimum absolute atomic E-state index is 0.0646. The van der Waals surface area contributed by atoms with Crippen LogP contribution in [-0.4, -0.2) is 22.5 Å². The number of hydrogen-bond donors (Lipinski definition) is 2. The highest BCUT2D eigenvalue weighted by molar-refractivity contribution is 5.87. The Bertz CT molecular complexity index is 520. The van der Waals surface area contributed by atoms with E-state index in [-0.39, 0.29) is 11.8 Å². The Morgan fingerprint density at radius 3 is 2.27 bits per heavy atom. The Hall–Kier alpha value is -1.84. The van der Waals surface area contributed by atoms with E-state index in [0.717, 1.165) is 25.7 Å². The molecule has 0 saturated heterocycles. The van der Waals surface area contributed by atoms with Crippen LogP contribution in [0.25, 0.3) is 0 Å². The number of hydrogen-bond acceptors (Lipinski definition) is 2. The first-order valence-corrected chi connectivity index (χ1v) is 8.06. The van der Waals surface area contributed by atoms with Gasteiger partial charge in [0.2, 0.25) is 5.91 Å². The van der Waals surface area contributed by atoms with Gasteiger partial charge in [0.05, 0.1) is 0 Å². The molecule has 1 aliphatic carbocycles. The number of carboxylic acids is 1. The molecule has 1 fully saturated rings. The largest absolute Gasteiger partial charge is 0.480 e. The Labute approximate surface area is 131 Å². The van der Waals surface area contributed by atoms with Gasteiger partial charge in [-0.25, -0.2) is 4.79 Å². The fraction of sp³-hybridized carbons (Fsp3) is 0.556. The molecule has 1 amide bonds. The number of amides is 1. The summed E-state index contributed by atoms with van der Waals surface area (Å²) in [5.41, 5.74) is 0.179. The summed E-state index contributed by atoms with van der Waals surface area (Å²) in [6.45, 7) is 3.35. The topological polar surface area (TPSA) is 66.4 Å². The standard InChI is InChI=1S/C18H25NO3/c1-3-18(2,17(21)22)19-16(20)15-11-9-14(10-12-15)13-7-5-4-6-8-13/h4-8,14-15H,3,9-12H2,1-2H3,(H,19,20)(H,21,22). The molecule has 4 heteroatoms. The van der Waals surface area contributed by atoms with E-state index in [9.17, 15) is 14.7 Å². The van der Waals surface area contributed by atoms with Gasteiger partial charge in [-0.3, -0.25) is 4.79 Å². The zero-order valence-electron chi connectivity index (χ0n) is 13.3. The van der Waals surface area contributed by atoms with Crippen LogP contribution >= 0.6 is 0 Å². The predicted octanol–water partition coefficient (Wildman–Crippen LogP) is 3.33. The van der Waals surface area contributed by atoms with Crippen molar-refractivity contribution in [2.24, 2.45) is 5.92 Å². The van der Waals surface area contributed by atoms with Gasteiger partial charge in [-0.2, -0.15) is 0 Å². The molecule has 4 nitrogen and oxygen atoms in total. The van der Waals surface area contributed by atoms with Crippen molar-refractivity contribution < 1.29 is 14.7 Å². The van der Waals surface area contributed by atoms with E-state index >= 15 is 0 Å². The first-order chi connectivity index (χ1) is 10.5. The van der Waals surface area contributed by atoms with Crippen molar-refractivity contribution in [3.05, 3.63) is 35.9 Å². The van der Waals surface area contributed by atoms with E-state index in [1.807, 2.05) is 18.2 Å². The molecule has 22 heavy (non-hydrogen) atoms. The van der Waals surface area contributed by atoms with Crippen LogP contribution in [0.1, 0.15) is 57.4 Å². The fourth-order valence-corrected chi connectivity index (χ4v) is 3.08. The number of benzene rings is 1. The molecule has 1 saturated carbocycles. The summed E-state index contributed by atoms with van der Waals surface area (Å²) in [5.74, 6) is -0.632. The number of nitrogens with one attached hydrogen (secondary N) is 1. The molecule has 0 spiro atoms. The van der Waals surface area contributed by atoms with E-state index in [0.29, 0.717) is 12.3 Å². The highest BCUT2D eigenvalue weighted by Gasteiger charge is 2.36. The molecular formula is C18H25NO3. The second kappa shape index (κ2) is 6.95. The van der Waals surface area contributed by atoms with Crippen LogP contribution in [0, 0.1) is 5.92 Å². The van der Waals surface area contributed by atoms with Gasteiger partial charge in [-0.1, -0.05) is 37.3 Å². The summed E-state index contributed by atoms with van der Waals surface area (Å²) >= 11 is 0. The lowest BCUT2D eigenvalue weighted by atomic mass is 9.78. The quantitative estimate of drug-likeness (QED) is 0.877. The maximum atomic E-state index is 12.3. The van der Waals surface area contributed by atoms with Crippen molar-refractivity contribution in [2.45, 2.75) is 57.4 Å². The van der Waals surface area contributed by atoms with Gasteiger partial charge in [-0.05, 0) is 50.5 Å². The zero-order chi connectivity index (χ0) is 16.2. The number of carbonyl (C=O) groups excluding carboxylic acids is 1. The lowest BCUT2D eigenvalue weighted by molar-refractivity contribution is -0.147. The normalized spacial score (nSPS) is 24.3. The molecule has 0 bridgehead atoms. The molecule has 1 aliphatic rings. The predicted molar refractivity (Wildman–Crippen MR) is 85.6 cm³/mol. The lowest BCUT2D eigenvalue weighted by Gasteiger charge is -2.31. The molecule has 0 heterocycles. The molecule has 0 aromatic heterocycles. The van der Waals surface area contributed by atoms with Crippen LogP contribution < -0.4 is 5.32 Å². The van der Waals surface area contributed by atoms with Crippen molar-refractivity contribution >= 4 is 11.9 Å². The van der Waals surface area contributed by atoms with Crippen molar-refractivity contribution in [1.82, 2.24) is 5.32 Å². The number of rotatable bonds is 5. The Balaban J connectivity index is 1.91. The van der Waals surface area contributed by atoms with Crippen LogP contribution in [0.4, 0.5) is 0 Å². The second-order valence-electron chi connectivity index (χ2n) is 6.44. The van der Waals surface area contributed by atoms with Gasteiger partial charge in [0.15, 0.2) is 0 Å². The smallest absolute Gasteiger partial charge is 0.329 e. The van der Waals surface area contributed by atoms with E-state index < -0.39 is 11.5 Å². The third-order valence-electron chi connectivity index (χ3n) is 4.95. The first kappa shape index (κ1) is 16.5. The van der Waals surface area contributed by atoms with Gasteiger partial charge in [-0.15, -0.1) is 0 Å². The average molecular weight is 303 g/mol. The molecular weight excluding hydrogens is 278 g/mol. The van der Waals surface area contributed by atoms with E-state index in [2.05, 4.69) is 17.4 Å². The maximum Gasteiger partial charge on any atom is 0.329 e. The molecule has 0 aliphatic heterocycles. The SMILES string of the molecule is CCC(C)(NC(=O)C1CCC(c2ccccc2)CC1)C(=O)O. The van der Waals surface area contributed by atoms with Crippen molar-refractivity contribution in [3.8, 4) is 0 Å². The van der Waals surface area contributed by atoms with Crippen LogP contribution in [0.2, 0.25) is 0 Å². The first-order valence-electron chi connectivity index (χ1n) is 8.06. The Kier molecular flexibility index (Phi) is 5.22. The summed E-state index contributed by atoms with van der Waals surface area (Å²) in [5, 5.41) is 12.0. The molecule has 1 unspecified atom stereocenters. The van der Waals surface area contributed by atoms with Crippen LogP contribution in [0.5, 0.6) is 0 Å². The summed E-state index contributed by atoms with van der Waals surface area (Å²) in [6, 6.07) is 10.4. The summed E-state index contributed by atoms with van der Waals surface area (Å²) < 4.78 is 0. The van der Waals surface area contributed by atoms with Gasteiger partial charge in [0.1, 0.15) is 5.54 Å². The van der Waals surface area contributed by atoms with Crippen molar-refractivity contribution in [1.29, 1.82) is 0 Å². The zero-order valence-corrected chi connectivity index (χ0v) is 13.3. The highest BCUT2D eigenvalue weighted by atomic mass is 16.4. The Morgan fingerprint density at radius 2 is 1.77 bits per heavy atom. The molecule has 1 aromatic rings. The minimum Gasteiger partial charge on any atom is -0.480 e. The van der Waals surface area contributed by atoms with Crippen LogP contribution in [0.15, 0.2) is 30.3 Å². The maximum absolute atomic E-state index is 12.3. The molecule has 0 radical (unpaired) electrons. The fourth-order valence-electron chi connectivity index (χ4n) is 3.08. The van der Waals surface area contributed by atoms with Crippen molar-refractivity contribution in [3.63, 3.8) is 0 Å². The van der Waals surface area contributed by atoms with Gasteiger partial charge < -0.3 is 10.4 Å². The van der Waals surface area contributed by atoms with Gasteiger partial charge >= 0.3 is 5.97 Å². The lowest BCUT2D eigenvalue weighted by Crippen LogP contribution is -2.53. The summed E-state index contributed by atoms with van der Waals surface area (Å²) in [6.07, 6.45) is 4.00. The van der Waals surface area contributed by atoms with Gasteiger partial charge in [0.25, 0.3) is 0 Å². The highest BCUT2D eigenvalue weighted by Crippen LogP contribution is 2.36. The van der Waals surface area contributed by atoms with Crippen LogP contribution in [-0.2, 0) is 9.59 Å². The number of aliphatic carboxylic acids is 1. The van der Waals surface area contributed by atoms with E-state index in [4.69, 9.17) is 0 Å². The molecule has 2 N–H and O–H groups in total. The molecule has 120 valence electrons. The number of carboxylic acid groups (broad SMARTS) is 1. The summed E-state index contributed by atoms with van der Waals surface area (Å²) in [4.78, 5) is 23.6. The van der Waals surface area contributed by atoms with E-state index in [1.54, 1.807) is 13.8 Å².